The summed E-state index contributed by atoms with van der Waals surface area (Å²) in [5.74, 6) is 0. The number of hydrogen-bond donors (Lipinski definition) is 0. The van der Waals surface area contributed by atoms with Crippen LogP contribution in [0.15, 0.2) is 22.9 Å². The Morgan fingerprint density at radius 3 is 2.91 bits per heavy atom. The fourth-order valence-electron chi connectivity index (χ4n) is 2.86. The summed E-state index contributed by atoms with van der Waals surface area (Å²) in [5, 5.41) is 0. The zero-order valence-electron chi connectivity index (χ0n) is 14.4. The molecule has 5 nitrogen and oxygen atoms in total. The van der Waals surface area contributed by atoms with Gasteiger partial charge in [0, 0.05) is 31.9 Å². The van der Waals surface area contributed by atoms with Gasteiger partial charge in [0.15, 0.2) is 0 Å². The number of rotatable bonds is 4. The summed E-state index contributed by atoms with van der Waals surface area (Å²) < 4.78 is 6.37. The van der Waals surface area contributed by atoms with Crippen LogP contribution < -0.4 is 0 Å². The molecule has 1 unspecified atom stereocenters. The first-order valence-corrected chi connectivity index (χ1v) is 8.82. The minimum absolute atomic E-state index is 0.194. The van der Waals surface area contributed by atoms with Crippen LogP contribution in [-0.4, -0.2) is 52.7 Å². The largest absolute Gasteiger partial charge is 0.444 e. The van der Waals surface area contributed by atoms with Crippen molar-refractivity contribution in [1.29, 1.82) is 0 Å². The first kappa shape index (κ1) is 18.2. The number of pyridine rings is 1. The molecule has 128 valence electrons. The van der Waals surface area contributed by atoms with Crippen molar-refractivity contribution < 1.29 is 9.53 Å². The third kappa shape index (κ3) is 5.77. The second kappa shape index (κ2) is 7.62. The fourth-order valence-corrected chi connectivity index (χ4v) is 3.28. The first-order chi connectivity index (χ1) is 10.7. The van der Waals surface area contributed by atoms with Gasteiger partial charge in [-0.25, -0.2) is 9.78 Å². The molecular formula is C17H26BrN3O2. The van der Waals surface area contributed by atoms with Gasteiger partial charge in [-0.05, 0) is 74.3 Å². The van der Waals surface area contributed by atoms with Crippen LogP contribution in [0.1, 0.15) is 39.2 Å². The normalized spacial score (nSPS) is 18.5. The number of aromatic nitrogens is 1. The van der Waals surface area contributed by atoms with Crippen LogP contribution in [0.25, 0.3) is 0 Å². The summed E-state index contributed by atoms with van der Waals surface area (Å²) in [6, 6.07) is 4.26. The van der Waals surface area contributed by atoms with Gasteiger partial charge in [-0.15, -0.1) is 0 Å². The second-order valence-electron chi connectivity index (χ2n) is 7.15. The van der Waals surface area contributed by atoms with Crippen LogP contribution in [0.2, 0.25) is 0 Å². The van der Waals surface area contributed by atoms with Crippen molar-refractivity contribution in [2.24, 2.45) is 0 Å². The van der Waals surface area contributed by atoms with E-state index in [9.17, 15) is 4.79 Å². The molecule has 2 heterocycles. The lowest BCUT2D eigenvalue weighted by molar-refractivity contribution is 0.0201. The van der Waals surface area contributed by atoms with Crippen LogP contribution in [0.4, 0.5) is 4.79 Å². The number of carbonyl (C=O) groups is 1. The van der Waals surface area contributed by atoms with Gasteiger partial charge in [0.2, 0.25) is 0 Å². The standard InChI is InChI=1S/C17H26BrN3O2/c1-17(2,3)23-16(22)21-9-5-6-14(21)12-20(4)11-13-7-8-19-15(18)10-13/h7-8,10,14H,5-6,9,11-12H2,1-4H3. The zero-order valence-corrected chi connectivity index (χ0v) is 16.0. The monoisotopic (exact) mass is 383 g/mol. The van der Waals surface area contributed by atoms with Crippen LogP contribution in [-0.2, 0) is 11.3 Å². The lowest BCUT2D eigenvalue weighted by Gasteiger charge is -2.31. The molecule has 0 N–H and O–H groups in total. The van der Waals surface area contributed by atoms with Gasteiger partial charge >= 0.3 is 6.09 Å². The van der Waals surface area contributed by atoms with Crippen LogP contribution in [0, 0.1) is 0 Å². The Morgan fingerprint density at radius 2 is 2.26 bits per heavy atom. The van der Waals surface area contributed by atoms with E-state index in [1.165, 1.54) is 5.56 Å². The lowest BCUT2D eigenvalue weighted by atomic mass is 10.2. The van der Waals surface area contributed by atoms with E-state index in [2.05, 4.69) is 32.9 Å². The van der Waals surface area contributed by atoms with Crippen molar-refractivity contribution in [2.45, 2.75) is 51.8 Å². The molecule has 2 rings (SSSR count). The van der Waals surface area contributed by atoms with E-state index in [1.54, 1.807) is 6.20 Å². The molecule has 1 atom stereocenters. The quantitative estimate of drug-likeness (QED) is 0.743. The highest BCUT2D eigenvalue weighted by Crippen LogP contribution is 2.22. The van der Waals surface area contributed by atoms with E-state index in [1.807, 2.05) is 37.8 Å². The third-order valence-electron chi connectivity index (χ3n) is 3.77. The average Bonchev–Trinajstić information content (AvgIpc) is 2.84. The number of likely N-dealkylation sites (tertiary alicyclic amines) is 1. The molecule has 1 aromatic rings. The van der Waals surface area contributed by atoms with E-state index in [4.69, 9.17) is 4.74 Å². The van der Waals surface area contributed by atoms with Crippen molar-refractivity contribution in [2.75, 3.05) is 20.1 Å². The summed E-state index contributed by atoms with van der Waals surface area (Å²) in [5.41, 5.74) is 0.760. The van der Waals surface area contributed by atoms with E-state index >= 15 is 0 Å². The van der Waals surface area contributed by atoms with Gasteiger partial charge in [0.05, 0.1) is 0 Å². The fraction of sp³-hybridized carbons (Fsp3) is 0.647. The van der Waals surface area contributed by atoms with Crippen LogP contribution >= 0.6 is 15.9 Å². The molecule has 0 radical (unpaired) electrons. The Labute approximate surface area is 147 Å². The SMILES string of the molecule is CN(Cc1ccnc(Br)c1)CC1CCCN1C(=O)OC(C)(C)C. The van der Waals surface area contributed by atoms with Gasteiger partial charge in [-0.1, -0.05) is 0 Å². The van der Waals surface area contributed by atoms with Gasteiger partial charge in [0.25, 0.3) is 0 Å². The van der Waals surface area contributed by atoms with Gasteiger partial charge < -0.3 is 14.5 Å². The van der Waals surface area contributed by atoms with Crippen molar-refractivity contribution in [1.82, 2.24) is 14.8 Å². The highest BCUT2D eigenvalue weighted by atomic mass is 79.9. The maximum atomic E-state index is 12.3. The number of amides is 1. The molecule has 1 fully saturated rings. The summed E-state index contributed by atoms with van der Waals surface area (Å²) in [7, 11) is 2.08. The second-order valence-corrected chi connectivity index (χ2v) is 7.97. The molecule has 1 aliphatic heterocycles. The Bertz CT molecular complexity index is 545. The molecular weight excluding hydrogens is 358 g/mol. The maximum absolute atomic E-state index is 12.3. The van der Waals surface area contributed by atoms with Gasteiger partial charge in [0.1, 0.15) is 10.2 Å². The van der Waals surface area contributed by atoms with Gasteiger partial charge in [-0.3, -0.25) is 0 Å². The molecule has 1 amide bonds. The molecule has 0 spiro atoms. The Kier molecular flexibility index (Phi) is 6.03. The molecule has 1 aliphatic rings. The molecule has 0 bridgehead atoms. The van der Waals surface area contributed by atoms with Crippen molar-refractivity contribution in [3.05, 3.63) is 28.5 Å². The molecule has 0 saturated carbocycles. The van der Waals surface area contributed by atoms with E-state index < -0.39 is 5.60 Å². The number of ether oxygens (including phenoxy) is 1. The van der Waals surface area contributed by atoms with Crippen molar-refractivity contribution in [3.8, 4) is 0 Å². The smallest absolute Gasteiger partial charge is 0.410 e. The maximum Gasteiger partial charge on any atom is 0.410 e. The van der Waals surface area contributed by atoms with Gasteiger partial charge in [-0.2, -0.15) is 0 Å². The summed E-state index contributed by atoms with van der Waals surface area (Å²) in [6.45, 7) is 8.18. The minimum atomic E-state index is -0.445. The topological polar surface area (TPSA) is 45.7 Å². The molecule has 1 aromatic heterocycles. The van der Waals surface area contributed by atoms with E-state index in [0.717, 1.165) is 37.1 Å². The molecule has 0 aliphatic carbocycles. The number of carbonyl (C=O) groups excluding carboxylic acids is 1. The van der Waals surface area contributed by atoms with Crippen LogP contribution in [0.3, 0.4) is 0 Å². The summed E-state index contributed by atoms with van der Waals surface area (Å²) >= 11 is 3.40. The number of likely N-dealkylation sites (N-methyl/N-ethyl adjacent to an activating group) is 1. The number of halogens is 1. The Balaban J connectivity index is 1.91. The Morgan fingerprint density at radius 1 is 1.52 bits per heavy atom. The highest BCUT2D eigenvalue weighted by Gasteiger charge is 2.32. The third-order valence-corrected chi connectivity index (χ3v) is 4.20. The predicted molar refractivity (Wildman–Crippen MR) is 94.2 cm³/mol. The van der Waals surface area contributed by atoms with Crippen LogP contribution in [0.5, 0.6) is 0 Å². The minimum Gasteiger partial charge on any atom is -0.444 e. The van der Waals surface area contributed by atoms with E-state index in [-0.39, 0.29) is 12.1 Å². The Hall–Kier alpha value is -1.14. The highest BCUT2D eigenvalue weighted by molar-refractivity contribution is 9.10. The van der Waals surface area contributed by atoms with E-state index in [0.29, 0.717) is 0 Å². The number of nitrogens with zero attached hydrogens (tertiary/aromatic N) is 3. The van der Waals surface area contributed by atoms with Crippen molar-refractivity contribution >= 4 is 22.0 Å². The summed E-state index contributed by atoms with van der Waals surface area (Å²) in [6.07, 6.45) is 3.68. The molecule has 0 aromatic carbocycles. The predicted octanol–water partition coefficient (Wildman–Crippen LogP) is 3.68. The molecule has 23 heavy (non-hydrogen) atoms. The first-order valence-electron chi connectivity index (χ1n) is 8.03. The lowest BCUT2D eigenvalue weighted by Crippen LogP contribution is -2.44. The zero-order chi connectivity index (χ0) is 17.0. The van der Waals surface area contributed by atoms with Crippen molar-refractivity contribution in [3.63, 3.8) is 0 Å². The number of hydrogen-bond acceptors (Lipinski definition) is 4. The molecule has 1 saturated heterocycles. The summed E-state index contributed by atoms with van der Waals surface area (Å²) in [4.78, 5) is 20.6. The molecule has 6 heteroatoms. The average molecular weight is 384 g/mol.